The average Bonchev–Trinajstić information content (AvgIpc) is 3.18. The van der Waals surface area contributed by atoms with Gasteiger partial charge in [-0.05, 0) is 64.9 Å². The van der Waals surface area contributed by atoms with E-state index in [9.17, 15) is 9.59 Å². The van der Waals surface area contributed by atoms with Crippen LogP contribution in [0.2, 0.25) is 0 Å². The quantitative estimate of drug-likeness (QED) is 0.296. The Labute approximate surface area is 223 Å². The number of hydrogen-bond donors (Lipinski definition) is 1. The Kier molecular flexibility index (Phi) is 6.57. The molecule has 0 fully saturated rings. The monoisotopic (exact) mass is 593 g/mol. The Bertz CT molecular complexity index is 1440. The summed E-state index contributed by atoms with van der Waals surface area (Å²) >= 11 is 2.27. The highest BCUT2D eigenvalue weighted by Gasteiger charge is 2.43. The van der Waals surface area contributed by atoms with Gasteiger partial charge in [-0.25, -0.2) is 4.79 Å². The fourth-order valence-electron chi connectivity index (χ4n) is 4.77. The zero-order chi connectivity index (χ0) is 25.4. The molecule has 1 N–H and O–H groups in total. The van der Waals surface area contributed by atoms with E-state index in [4.69, 9.17) is 14.2 Å². The first-order chi connectivity index (χ1) is 17.4. The molecule has 0 spiro atoms. The molecule has 0 unspecified atom stereocenters. The van der Waals surface area contributed by atoms with Crippen LogP contribution in [-0.4, -0.2) is 26.0 Å². The van der Waals surface area contributed by atoms with Crippen LogP contribution in [0.15, 0.2) is 83.6 Å². The van der Waals surface area contributed by atoms with Crippen LogP contribution in [0.5, 0.6) is 11.5 Å². The van der Waals surface area contributed by atoms with Crippen molar-refractivity contribution in [2.45, 2.75) is 19.4 Å². The summed E-state index contributed by atoms with van der Waals surface area (Å²) in [6, 6.07) is 21.1. The van der Waals surface area contributed by atoms with Crippen LogP contribution >= 0.6 is 22.6 Å². The van der Waals surface area contributed by atoms with Gasteiger partial charge in [-0.15, -0.1) is 0 Å². The molecule has 2 aliphatic rings. The highest BCUT2D eigenvalue weighted by molar-refractivity contribution is 14.1. The minimum Gasteiger partial charge on any atom is -0.493 e. The second kappa shape index (κ2) is 9.81. The van der Waals surface area contributed by atoms with Gasteiger partial charge in [0.2, 0.25) is 0 Å². The SMILES string of the molecule is COC(=O)C1=C(C)NC2=C(C(=O)c3ccccc32)[C@@H]1c1ccc(OCc2ccc(I)cc2)c(OC)c1. The number of ether oxygens (including phenoxy) is 3. The highest BCUT2D eigenvalue weighted by atomic mass is 127. The third kappa shape index (κ3) is 4.17. The third-order valence-electron chi connectivity index (χ3n) is 6.48. The molecule has 6 nitrogen and oxygen atoms in total. The first kappa shape index (κ1) is 24.1. The van der Waals surface area contributed by atoms with Crippen molar-refractivity contribution in [3.8, 4) is 11.5 Å². The van der Waals surface area contributed by atoms with Crippen LogP contribution in [0, 0.1) is 3.57 Å². The maximum absolute atomic E-state index is 13.6. The predicted octanol–water partition coefficient (Wildman–Crippen LogP) is 5.62. The predicted molar refractivity (Wildman–Crippen MR) is 145 cm³/mol. The minimum absolute atomic E-state index is 0.106. The van der Waals surface area contributed by atoms with Gasteiger partial charge in [0.05, 0.1) is 25.5 Å². The molecular weight excluding hydrogens is 569 g/mol. The first-order valence-electron chi connectivity index (χ1n) is 11.4. The normalized spacial score (nSPS) is 16.3. The highest BCUT2D eigenvalue weighted by Crippen LogP contribution is 2.47. The Morgan fingerprint density at radius 1 is 0.972 bits per heavy atom. The number of esters is 1. The van der Waals surface area contributed by atoms with E-state index in [0.29, 0.717) is 40.5 Å². The first-order valence-corrected chi connectivity index (χ1v) is 12.5. The number of fused-ring (bicyclic) bond motifs is 2. The molecule has 0 saturated carbocycles. The van der Waals surface area contributed by atoms with Crippen molar-refractivity contribution in [3.05, 3.63) is 109 Å². The summed E-state index contributed by atoms with van der Waals surface area (Å²) in [5.74, 6) is -0.121. The van der Waals surface area contributed by atoms with Crippen molar-refractivity contribution in [3.63, 3.8) is 0 Å². The summed E-state index contributed by atoms with van der Waals surface area (Å²) in [5, 5.41) is 3.29. The lowest BCUT2D eigenvalue weighted by Crippen LogP contribution is -2.29. The average molecular weight is 593 g/mol. The van der Waals surface area contributed by atoms with Gasteiger partial charge in [0.15, 0.2) is 17.3 Å². The number of rotatable bonds is 6. The molecule has 5 rings (SSSR count). The molecule has 36 heavy (non-hydrogen) atoms. The summed E-state index contributed by atoms with van der Waals surface area (Å²) < 4.78 is 18.0. The van der Waals surface area contributed by atoms with Crippen molar-refractivity contribution in [1.82, 2.24) is 5.32 Å². The number of allylic oxidation sites excluding steroid dienone is 2. The zero-order valence-corrected chi connectivity index (χ0v) is 22.2. The number of benzene rings is 3. The van der Waals surface area contributed by atoms with Crippen LogP contribution in [0.3, 0.4) is 0 Å². The molecule has 3 aromatic carbocycles. The van der Waals surface area contributed by atoms with E-state index in [1.165, 1.54) is 7.11 Å². The van der Waals surface area contributed by atoms with E-state index < -0.39 is 11.9 Å². The molecule has 0 aromatic heterocycles. The van der Waals surface area contributed by atoms with E-state index in [2.05, 4.69) is 27.9 Å². The summed E-state index contributed by atoms with van der Waals surface area (Å²) in [6.45, 7) is 2.21. The number of nitrogens with one attached hydrogen (secondary N) is 1. The number of Topliss-reactive ketones (excluding diaryl/α,β-unsaturated/α-hetero) is 1. The number of hydrogen-bond acceptors (Lipinski definition) is 6. The van der Waals surface area contributed by atoms with Crippen molar-refractivity contribution in [2.24, 2.45) is 0 Å². The van der Waals surface area contributed by atoms with Crippen LogP contribution in [0.25, 0.3) is 5.70 Å². The van der Waals surface area contributed by atoms with Gasteiger partial charge in [-0.1, -0.05) is 42.5 Å². The smallest absolute Gasteiger partial charge is 0.336 e. The van der Waals surface area contributed by atoms with Crippen molar-refractivity contribution < 1.29 is 23.8 Å². The van der Waals surface area contributed by atoms with Gasteiger partial charge >= 0.3 is 5.97 Å². The fraction of sp³-hybridized carbons (Fsp3) is 0.172. The summed E-state index contributed by atoms with van der Waals surface area (Å²) in [7, 11) is 2.92. The maximum Gasteiger partial charge on any atom is 0.336 e. The molecule has 0 saturated heterocycles. The minimum atomic E-state index is -0.618. The van der Waals surface area contributed by atoms with Crippen LogP contribution in [-0.2, 0) is 16.1 Å². The maximum atomic E-state index is 13.6. The van der Waals surface area contributed by atoms with E-state index >= 15 is 0 Å². The second-order valence-electron chi connectivity index (χ2n) is 8.58. The van der Waals surface area contributed by atoms with Crippen LogP contribution in [0.4, 0.5) is 0 Å². The van der Waals surface area contributed by atoms with Crippen LogP contribution in [0.1, 0.15) is 39.9 Å². The number of methoxy groups -OCH3 is 2. The lowest BCUT2D eigenvalue weighted by atomic mass is 9.79. The Morgan fingerprint density at radius 3 is 2.39 bits per heavy atom. The number of carbonyl (C=O) groups excluding carboxylic acids is 2. The lowest BCUT2D eigenvalue weighted by Gasteiger charge is -2.29. The molecule has 182 valence electrons. The van der Waals surface area contributed by atoms with E-state index in [-0.39, 0.29) is 5.78 Å². The van der Waals surface area contributed by atoms with Gasteiger partial charge in [0.25, 0.3) is 0 Å². The van der Waals surface area contributed by atoms with Gasteiger partial charge in [-0.3, -0.25) is 4.79 Å². The topological polar surface area (TPSA) is 73.9 Å². The number of halogens is 1. The Balaban J connectivity index is 1.56. The molecule has 0 bridgehead atoms. The Morgan fingerprint density at radius 2 is 1.69 bits per heavy atom. The molecule has 3 aromatic rings. The fourth-order valence-corrected chi connectivity index (χ4v) is 5.13. The van der Waals surface area contributed by atoms with Crippen LogP contribution < -0.4 is 14.8 Å². The standard InChI is InChI=1S/C29H24INO5/c1-16-24(29(33)35-3)25(26-27(31-16)20-6-4-5-7-21(20)28(26)32)18-10-13-22(23(14-18)34-2)36-15-17-8-11-19(30)12-9-17/h4-14,25,31H,15H2,1-3H3/t25-/m1/s1. The molecule has 0 radical (unpaired) electrons. The molecule has 7 heteroatoms. The largest absolute Gasteiger partial charge is 0.493 e. The van der Waals surface area contributed by atoms with E-state index in [1.807, 2.05) is 73.7 Å². The van der Waals surface area contributed by atoms with Gasteiger partial charge in [0, 0.05) is 31.9 Å². The molecule has 1 heterocycles. The molecular formula is C29H24INO5. The molecule has 1 atom stereocenters. The molecule has 1 aliphatic heterocycles. The van der Waals surface area contributed by atoms with Gasteiger partial charge in [0.1, 0.15) is 6.61 Å². The second-order valence-corrected chi connectivity index (χ2v) is 9.82. The van der Waals surface area contributed by atoms with E-state index in [1.54, 1.807) is 7.11 Å². The van der Waals surface area contributed by atoms with Crippen molar-refractivity contribution >= 4 is 40.0 Å². The molecule has 1 aliphatic carbocycles. The third-order valence-corrected chi connectivity index (χ3v) is 7.20. The van der Waals surface area contributed by atoms with Crippen molar-refractivity contribution in [1.29, 1.82) is 0 Å². The summed E-state index contributed by atoms with van der Waals surface area (Å²) in [5.41, 5.74) is 5.51. The summed E-state index contributed by atoms with van der Waals surface area (Å²) in [6.07, 6.45) is 0. The van der Waals surface area contributed by atoms with Gasteiger partial charge < -0.3 is 19.5 Å². The van der Waals surface area contributed by atoms with E-state index in [0.717, 1.165) is 26.0 Å². The number of dihydropyridines is 1. The number of carbonyl (C=O) groups is 2. The Hall–Kier alpha value is -3.59. The lowest BCUT2D eigenvalue weighted by molar-refractivity contribution is -0.136. The number of ketones is 1. The zero-order valence-electron chi connectivity index (χ0n) is 20.1. The molecule has 0 amide bonds. The van der Waals surface area contributed by atoms with Crippen molar-refractivity contribution in [2.75, 3.05) is 14.2 Å². The van der Waals surface area contributed by atoms with Gasteiger partial charge in [-0.2, -0.15) is 0 Å². The summed E-state index contributed by atoms with van der Waals surface area (Å²) in [4.78, 5) is 26.5.